The van der Waals surface area contributed by atoms with Crippen LogP contribution in [-0.2, 0) is 10.0 Å². The third-order valence-corrected chi connectivity index (χ3v) is 4.00. The Morgan fingerprint density at radius 1 is 1.29 bits per heavy atom. The summed E-state index contributed by atoms with van der Waals surface area (Å²) in [6.07, 6.45) is 0. The number of oxazole rings is 1. The Hall–Kier alpha value is -2.19. The van der Waals surface area contributed by atoms with Gasteiger partial charge in [0.05, 0.1) is 10.6 Å². The summed E-state index contributed by atoms with van der Waals surface area (Å²) in [7, 11) is -3.85. The molecule has 1 aromatic carbocycles. The number of benzene rings is 1. The Kier molecular flexibility index (Phi) is 3.84. The van der Waals surface area contributed by atoms with Crippen LogP contribution in [0.3, 0.4) is 0 Å². The summed E-state index contributed by atoms with van der Waals surface area (Å²) < 4.78 is 28.1. The van der Waals surface area contributed by atoms with Crippen molar-refractivity contribution in [1.82, 2.24) is 4.98 Å². The number of hydrogen-bond donors (Lipinski definition) is 2. The third kappa shape index (κ3) is 3.11. The Labute approximate surface area is 122 Å². The molecule has 0 saturated carbocycles. The standard InChI is InChI=1S/C13H15N3O4S/c1-7-10(5-4-6-11(7)21(14,18)19)16-13(17)12-8(2)15-9(3)20-12/h4-6H,1-3H3,(H,16,17)(H2,14,18,19). The molecule has 2 aromatic rings. The summed E-state index contributed by atoms with van der Waals surface area (Å²) >= 11 is 0. The van der Waals surface area contributed by atoms with Crippen LogP contribution in [0.4, 0.5) is 5.69 Å². The molecule has 0 fully saturated rings. The van der Waals surface area contributed by atoms with Gasteiger partial charge in [-0.05, 0) is 31.5 Å². The first-order valence-electron chi connectivity index (χ1n) is 6.08. The lowest BCUT2D eigenvalue weighted by Crippen LogP contribution is -2.17. The van der Waals surface area contributed by atoms with Crippen molar-refractivity contribution in [3.8, 4) is 0 Å². The molecule has 7 nitrogen and oxygen atoms in total. The quantitative estimate of drug-likeness (QED) is 0.891. The molecule has 2 rings (SSSR count). The summed E-state index contributed by atoms with van der Waals surface area (Å²) in [4.78, 5) is 16.1. The van der Waals surface area contributed by atoms with Gasteiger partial charge in [-0.3, -0.25) is 4.79 Å². The molecular weight excluding hydrogens is 294 g/mol. The first-order chi connectivity index (χ1) is 9.70. The highest BCUT2D eigenvalue weighted by Crippen LogP contribution is 2.23. The fourth-order valence-corrected chi connectivity index (χ4v) is 2.78. The second-order valence-electron chi connectivity index (χ2n) is 4.58. The van der Waals surface area contributed by atoms with Crippen LogP contribution in [0.25, 0.3) is 0 Å². The zero-order chi connectivity index (χ0) is 15.8. The van der Waals surface area contributed by atoms with E-state index in [1.165, 1.54) is 12.1 Å². The maximum atomic E-state index is 12.1. The van der Waals surface area contributed by atoms with Gasteiger partial charge in [0.1, 0.15) is 0 Å². The van der Waals surface area contributed by atoms with Crippen LogP contribution in [0.15, 0.2) is 27.5 Å². The zero-order valence-electron chi connectivity index (χ0n) is 11.8. The summed E-state index contributed by atoms with van der Waals surface area (Å²) in [6, 6.07) is 4.46. The van der Waals surface area contributed by atoms with Gasteiger partial charge in [-0.15, -0.1) is 0 Å². The molecule has 3 N–H and O–H groups in total. The Bertz CT molecular complexity index is 809. The van der Waals surface area contributed by atoms with Crippen molar-refractivity contribution in [1.29, 1.82) is 0 Å². The molecule has 0 aliphatic carbocycles. The van der Waals surface area contributed by atoms with Gasteiger partial charge in [0, 0.05) is 12.6 Å². The van der Waals surface area contributed by atoms with E-state index in [4.69, 9.17) is 9.56 Å². The Morgan fingerprint density at radius 3 is 2.48 bits per heavy atom. The summed E-state index contributed by atoms with van der Waals surface area (Å²) in [5.41, 5.74) is 1.17. The molecule has 0 unspecified atom stereocenters. The number of nitrogens with two attached hydrogens (primary N) is 1. The second kappa shape index (κ2) is 5.30. The van der Waals surface area contributed by atoms with Crippen LogP contribution in [0.2, 0.25) is 0 Å². The zero-order valence-corrected chi connectivity index (χ0v) is 12.6. The number of carbonyl (C=O) groups is 1. The van der Waals surface area contributed by atoms with Crippen LogP contribution in [0.1, 0.15) is 27.7 Å². The highest BCUT2D eigenvalue weighted by molar-refractivity contribution is 7.89. The number of anilines is 1. The molecule has 0 spiro atoms. The monoisotopic (exact) mass is 309 g/mol. The number of hydrogen-bond acceptors (Lipinski definition) is 5. The van der Waals surface area contributed by atoms with E-state index < -0.39 is 15.9 Å². The molecule has 0 radical (unpaired) electrons. The molecule has 1 heterocycles. The lowest BCUT2D eigenvalue weighted by molar-refractivity contribution is 0.0994. The van der Waals surface area contributed by atoms with Gasteiger partial charge in [-0.1, -0.05) is 6.07 Å². The fraction of sp³-hybridized carbons (Fsp3) is 0.231. The van der Waals surface area contributed by atoms with E-state index >= 15 is 0 Å². The number of carbonyl (C=O) groups excluding carboxylic acids is 1. The predicted molar refractivity (Wildman–Crippen MR) is 76.5 cm³/mol. The lowest BCUT2D eigenvalue weighted by Gasteiger charge is -2.10. The smallest absolute Gasteiger partial charge is 0.293 e. The molecule has 0 bridgehead atoms. The number of amides is 1. The minimum atomic E-state index is -3.85. The molecule has 0 aliphatic heterocycles. The maximum absolute atomic E-state index is 12.1. The number of aromatic nitrogens is 1. The van der Waals surface area contributed by atoms with Gasteiger partial charge in [0.2, 0.25) is 15.8 Å². The first kappa shape index (κ1) is 15.2. The van der Waals surface area contributed by atoms with Crippen molar-refractivity contribution in [2.24, 2.45) is 5.14 Å². The van der Waals surface area contributed by atoms with E-state index in [9.17, 15) is 13.2 Å². The van der Waals surface area contributed by atoms with Crippen LogP contribution < -0.4 is 10.5 Å². The number of nitrogens with one attached hydrogen (secondary N) is 1. The average molecular weight is 309 g/mol. The topological polar surface area (TPSA) is 115 Å². The van der Waals surface area contributed by atoms with Crippen molar-refractivity contribution in [2.75, 3.05) is 5.32 Å². The van der Waals surface area contributed by atoms with E-state index in [-0.39, 0.29) is 10.7 Å². The molecule has 1 amide bonds. The SMILES string of the molecule is Cc1nc(C)c(C(=O)Nc2cccc(S(N)(=O)=O)c2C)o1. The van der Waals surface area contributed by atoms with Crippen LogP contribution in [0, 0.1) is 20.8 Å². The Morgan fingerprint density at radius 2 is 1.95 bits per heavy atom. The van der Waals surface area contributed by atoms with E-state index in [1.54, 1.807) is 26.8 Å². The number of primary sulfonamides is 1. The van der Waals surface area contributed by atoms with Gasteiger partial charge in [0.15, 0.2) is 5.89 Å². The summed E-state index contributed by atoms with van der Waals surface area (Å²) in [5, 5.41) is 7.73. The van der Waals surface area contributed by atoms with Crippen molar-refractivity contribution >= 4 is 21.6 Å². The second-order valence-corrected chi connectivity index (χ2v) is 6.11. The van der Waals surface area contributed by atoms with Crippen LogP contribution in [0.5, 0.6) is 0 Å². The van der Waals surface area contributed by atoms with Crippen molar-refractivity contribution in [3.63, 3.8) is 0 Å². The largest absolute Gasteiger partial charge is 0.436 e. The molecule has 0 atom stereocenters. The van der Waals surface area contributed by atoms with E-state index in [0.29, 0.717) is 22.8 Å². The van der Waals surface area contributed by atoms with E-state index in [1.807, 2.05) is 0 Å². The molecule has 0 saturated heterocycles. The number of aryl methyl sites for hydroxylation is 2. The van der Waals surface area contributed by atoms with Crippen molar-refractivity contribution in [3.05, 3.63) is 41.1 Å². The highest BCUT2D eigenvalue weighted by Gasteiger charge is 2.19. The minimum absolute atomic E-state index is 0.0363. The fourth-order valence-electron chi connectivity index (χ4n) is 1.98. The molecule has 8 heteroatoms. The molecule has 1 aromatic heterocycles. The van der Waals surface area contributed by atoms with Gasteiger partial charge < -0.3 is 9.73 Å². The van der Waals surface area contributed by atoms with Gasteiger partial charge >= 0.3 is 0 Å². The van der Waals surface area contributed by atoms with Gasteiger partial charge in [-0.2, -0.15) is 0 Å². The van der Waals surface area contributed by atoms with Crippen LogP contribution >= 0.6 is 0 Å². The summed E-state index contributed by atoms with van der Waals surface area (Å²) in [5.74, 6) is -0.0247. The molecular formula is C13H15N3O4S. The van der Waals surface area contributed by atoms with Crippen molar-refractivity contribution < 1.29 is 17.6 Å². The number of sulfonamides is 1. The predicted octanol–water partition coefficient (Wildman–Crippen LogP) is 1.50. The third-order valence-electron chi connectivity index (χ3n) is 2.95. The first-order valence-corrected chi connectivity index (χ1v) is 7.62. The molecule has 112 valence electrons. The minimum Gasteiger partial charge on any atom is -0.436 e. The highest BCUT2D eigenvalue weighted by atomic mass is 32.2. The van der Waals surface area contributed by atoms with Gasteiger partial charge in [0.25, 0.3) is 5.91 Å². The molecule has 21 heavy (non-hydrogen) atoms. The number of rotatable bonds is 3. The van der Waals surface area contributed by atoms with Crippen LogP contribution in [-0.4, -0.2) is 19.3 Å². The normalized spacial score (nSPS) is 11.4. The maximum Gasteiger partial charge on any atom is 0.293 e. The van der Waals surface area contributed by atoms with Gasteiger partial charge in [-0.25, -0.2) is 18.5 Å². The molecule has 0 aliphatic rings. The van der Waals surface area contributed by atoms with E-state index in [0.717, 1.165) is 0 Å². The Balaban J connectivity index is 2.37. The van der Waals surface area contributed by atoms with E-state index in [2.05, 4.69) is 10.3 Å². The number of nitrogens with zero attached hydrogens (tertiary/aromatic N) is 1. The summed E-state index contributed by atoms with van der Waals surface area (Å²) in [6.45, 7) is 4.85. The van der Waals surface area contributed by atoms with Crippen molar-refractivity contribution in [2.45, 2.75) is 25.7 Å². The lowest BCUT2D eigenvalue weighted by atomic mass is 10.2. The average Bonchev–Trinajstić information content (AvgIpc) is 2.69.